The summed E-state index contributed by atoms with van der Waals surface area (Å²) in [5.41, 5.74) is 6.54. The third-order valence-electron chi connectivity index (χ3n) is 3.53. The third-order valence-corrected chi connectivity index (χ3v) is 3.53. The Kier molecular flexibility index (Phi) is 4.27. The summed E-state index contributed by atoms with van der Waals surface area (Å²) in [7, 11) is 2.08. The van der Waals surface area contributed by atoms with E-state index in [0.717, 1.165) is 31.7 Å². The zero-order chi connectivity index (χ0) is 13.1. The molecule has 1 aliphatic rings. The third kappa shape index (κ3) is 2.85. The zero-order valence-electron chi connectivity index (χ0n) is 10.6. The lowest BCUT2D eigenvalue weighted by Crippen LogP contribution is -2.47. The summed E-state index contributed by atoms with van der Waals surface area (Å²) >= 11 is 0. The molecular weight excluding hydrogens is 236 g/mol. The Morgan fingerprint density at radius 3 is 2.39 bits per heavy atom. The molecule has 1 saturated heterocycles. The van der Waals surface area contributed by atoms with Gasteiger partial charge in [-0.2, -0.15) is 0 Å². The van der Waals surface area contributed by atoms with Gasteiger partial charge in [0.2, 0.25) is 0 Å². The topological polar surface area (TPSA) is 32.5 Å². The number of hydrogen-bond donors (Lipinski definition) is 1. The Morgan fingerprint density at radius 2 is 1.83 bits per heavy atom. The first kappa shape index (κ1) is 13.4. The van der Waals surface area contributed by atoms with Crippen LogP contribution in [0.25, 0.3) is 0 Å². The van der Waals surface area contributed by atoms with E-state index in [4.69, 9.17) is 5.73 Å². The molecule has 2 rings (SSSR count). The molecule has 0 bridgehead atoms. The van der Waals surface area contributed by atoms with Crippen molar-refractivity contribution in [2.45, 2.75) is 6.04 Å². The quantitative estimate of drug-likeness (QED) is 0.881. The Bertz CT molecular complexity index is 403. The second-order valence-electron chi connectivity index (χ2n) is 4.76. The van der Waals surface area contributed by atoms with Gasteiger partial charge in [-0.1, -0.05) is 6.07 Å². The minimum absolute atomic E-state index is 0.0335. The van der Waals surface area contributed by atoms with Crippen molar-refractivity contribution >= 4 is 0 Å². The van der Waals surface area contributed by atoms with Crippen LogP contribution >= 0.6 is 0 Å². The molecule has 3 nitrogen and oxygen atoms in total. The van der Waals surface area contributed by atoms with Crippen LogP contribution in [0.3, 0.4) is 0 Å². The molecule has 1 fully saturated rings. The number of benzene rings is 1. The Hall–Kier alpha value is -1.04. The molecule has 0 aromatic heterocycles. The summed E-state index contributed by atoms with van der Waals surface area (Å²) in [5.74, 6) is -1.62. The van der Waals surface area contributed by atoms with Crippen LogP contribution in [-0.2, 0) is 0 Å². The van der Waals surface area contributed by atoms with Crippen LogP contribution in [0.2, 0.25) is 0 Å². The first-order valence-electron chi connectivity index (χ1n) is 6.19. The van der Waals surface area contributed by atoms with Crippen molar-refractivity contribution in [3.05, 3.63) is 35.4 Å². The van der Waals surface area contributed by atoms with Crippen molar-refractivity contribution < 1.29 is 8.78 Å². The predicted octanol–water partition coefficient (Wildman–Crippen LogP) is 1.21. The van der Waals surface area contributed by atoms with E-state index in [1.165, 1.54) is 12.1 Å². The van der Waals surface area contributed by atoms with E-state index in [1.807, 2.05) is 0 Å². The maximum atomic E-state index is 13.3. The Morgan fingerprint density at radius 1 is 1.17 bits per heavy atom. The van der Waals surface area contributed by atoms with Gasteiger partial charge in [0.05, 0.1) is 0 Å². The van der Waals surface area contributed by atoms with E-state index in [0.29, 0.717) is 6.54 Å². The van der Waals surface area contributed by atoms with Crippen LogP contribution in [0.5, 0.6) is 0 Å². The Labute approximate surface area is 106 Å². The van der Waals surface area contributed by atoms with E-state index in [1.54, 1.807) is 6.07 Å². The first-order valence-corrected chi connectivity index (χ1v) is 6.19. The number of hydrogen-bond acceptors (Lipinski definition) is 3. The Balaban J connectivity index is 2.14. The number of likely N-dealkylation sites (N-methyl/N-ethyl adjacent to an activating group) is 1. The molecule has 1 aliphatic heterocycles. The zero-order valence-corrected chi connectivity index (χ0v) is 10.6. The lowest BCUT2D eigenvalue weighted by atomic mass is 10.0. The molecule has 18 heavy (non-hydrogen) atoms. The normalized spacial score (nSPS) is 20.0. The van der Waals surface area contributed by atoms with E-state index >= 15 is 0 Å². The van der Waals surface area contributed by atoms with Crippen LogP contribution in [0.15, 0.2) is 18.2 Å². The SMILES string of the molecule is CN1CCN(C(CN)c2ccc(F)c(F)c2)CC1. The lowest BCUT2D eigenvalue weighted by Gasteiger charge is -2.37. The second-order valence-corrected chi connectivity index (χ2v) is 4.76. The number of halogens is 2. The maximum Gasteiger partial charge on any atom is 0.159 e. The van der Waals surface area contributed by atoms with E-state index in [9.17, 15) is 8.78 Å². The van der Waals surface area contributed by atoms with Gasteiger partial charge in [0.15, 0.2) is 11.6 Å². The van der Waals surface area contributed by atoms with Crippen LogP contribution in [0, 0.1) is 11.6 Å². The average molecular weight is 255 g/mol. The molecule has 2 N–H and O–H groups in total. The molecule has 0 saturated carbocycles. The van der Waals surface area contributed by atoms with Crippen molar-refractivity contribution in [1.82, 2.24) is 9.80 Å². The van der Waals surface area contributed by atoms with E-state index in [2.05, 4.69) is 16.8 Å². The highest BCUT2D eigenvalue weighted by atomic mass is 19.2. The summed E-state index contributed by atoms with van der Waals surface area (Å²) in [5, 5.41) is 0. The van der Waals surface area contributed by atoms with Gasteiger partial charge in [-0.25, -0.2) is 8.78 Å². The summed E-state index contributed by atoms with van der Waals surface area (Å²) < 4.78 is 26.2. The average Bonchev–Trinajstić information content (AvgIpc) is 2.37. The van der Waals surface area contributed by atoms with Crippen LogP contribution in [-0.4, -0.2) is 49.6 Å². The van der Waals surface area contributed by atoms with Gasteiger partial charge in [-0.05, 0) is 24.7 Å². The summed E-state index contributed by atoms with van der Waals surface area (Å²) in [6.45, 7) is 4.16. The number of nitrogens with zero attached hydrogens (tertiary/aromatic N) is 2. The van der Waals surface area contributed by atoms with E-state index in [-0.39, 0.29) is 6.04 Å². The molecular formula is C13H19F2N3. The van der Waals surface area contributed by atoms with Crippen LogP contribution in [0.4, 0.5) is 8.78 Å². The molecule has 0 radical (unpaired) electrons. The smallest absolute Gasteiger partial charge is 0.159 e. The highest BCUT2D eigenvalue weighted by molar-refractivity contribution is 5.22. The van der Waals surface area contributed by atoms with Crippen molar-refractivity contribution in [3.8, 4) is 0 Å². The molecule has 1 aromatic carbocycles. The van der Waals surface area contributed by atoms with Crippen LogP contribution in [0.1, 0.15) is 11.6 Å². The highest BCUT2D eigenvalue weighted by Crippen LogP contribution is 2.22. The maximum absolute atomic E-state index is 13.3. The minimum Gasteiger partial charge on any atom is -0.329 e. The van der Waals surface area contributed by atoms with Crippen molar-refractivity contribution in [2.24, 2.45) is 5.73 Å². The fourth-order valence-corrected chi connectivity index (χ4v) is 2.35. The second kappa shape index (κ2) is 5.73. The number of piperazine rings is 1. The first-order chi connectivity index (χ1) is 8.61. The monoisotopic (exact) mass is 255 g/mol. The molecule has 1 atom stereocenters. The lowest BCUT2D eigenvalue weighted by molar-refractivity contribution is 0.114. The number of nitrogens with two attached hydrogens (primary N) is 1. The van der Waals surface area contributed by atoms with E-state index < -0.39 is 11.6 Å². The van der Waals surface area contributed by atoms with Gasteiger partial charge in [-0.15, -0.1) is 0 Å². The van der Waals surface area contributed by atoms with Gasteiger partial charge < -0.3 is 10.6 Å². The largest absolute Gasteiger partial charge is 0.329 e. The summed E-state index contributed by atoms with van der Waals surface area (Å²) in [4.78, 5) is 4.47. The van der Waals surface area contributed by atoms with Gasteiger partial charge in [0, 0.05) is 38.8 Å². The molecule has 100 valence electrons. The molecule has 0 spiro atoms. The molecule has 1 heterocycles. The van der Waals surface area contributed by atoms with Gasteiger partial charge in [0.25, 0.3) is 0 Å². The minimum atomic E-state index is -0.812. The predicted molar refractivity (Wildman–Crippen MR) is 67.2 cm³/mol. The highest BCUT2D eigenvalue weighted by Gasteiger charge is 2.23. The molecule has 1 unspecified atom stereocenters. The molecule has 1 aromatic rings. The van der Waals surface area contributed by atoms with Gasteiger partial charge >= 0.3 is 0 Å². The van der Waals surface area contributed by atoms with Crippen molar-refractivity contribution in [3.63, 3.8) is 0 Å². The molecule has 0 amide bonds. The fourth-order valence-electron chi connectivity index (χ4n) is 2.35. The number of rotatable bonds is 3. The van der Waals surface area contributed by atoms with Gasteiger partial charge in [0.1, 0.15) is 0 Å². The fraction of sp³-hybridized carbons (Fsp3) is 0.538. The van der Waals surface area contributed by atoms with Crippen molar-refractivity contribution in [1.29, 1.82) is 0 Å². The van der Waals surface area contributed by atoms with Crippen molar-refractivity contribution in [2.75, 3.05) is 39.8 Å². The van der Waals surface area contributed by atoms with Crippen LogP contribution < -0.4 is 5.73 Å². The summed E-state index contributed by atoms with van der Waals surface area (Å²) in [6.07, 6.45) is 0. The summed E-state index contributed by atoms with van der Waals surface area (Å²) in [6, 6.07) is 4.01. The standard InChI is InChI=1S/C13H19F2N3/c1-17-4-6-18(7-5-17)13(9-16)10-2-3-11(14)12(15)8-10/h2-3,8,13H,4-7,9,16H2,1H3. The van der Waals surface area contributed by atoms with Gasteiger partial charge in [-0.3, -0.25) is 4.90 Å². The molecule has 0 aliphatic carbocycles. The molecule has 5 heteroatoms.